The van der Waals surface area contributed by atoms with Crippen molar-refractivity contribution in [2.75, 3.05) is 11.9 Å². The molecule has 0 atom stereocenters. The number of rotatable bonds is 7. The SMILES string of the molecule is CCOC(=O)c1cnn(-c2ccc(C(=O)O)cc2)c1NC(=O)OCc1ccccc1. The summed E-state index contributed by atoms with van der Waals surface area (Å²) in [6, 6.07) is 14.9. The third-order valence-corrected chi connectivity index (χ3v) is 4.06. The van der Waals surface area contributed by atoms with Crippen molar-refractivity contribution in [2.24, 2.45) is 0 Å². The van der Waals surface area contributed by atoms with Gasteiger partial charge in [0, 0.05) is 0 Å². The van der Waals surface area contributed by atoms with Gasteiger partial charge in [-0.1, -0.05) is 30.3 Å². The maximum absolute atomic E-state index is 12.3. The highest BCUT2D eigenvalue weighted by Gasteiger charge is 2.22. The summed E-state index contributed by atoms with van der Waals surface area (Å²) in [5.41, 5.74) is 1.37. The fraction of sp³-hybridized carbons (Fsp3) is 0.143. The molecule has 154 valence electrons. The number of nitrogens with zero attached hydrogens (tertiary/aromatic N) is 2. The maximum atomic E-state index is 12.3. The van der Waals surface area contributed by atoms with Gasteiger partial charge in [0.05, 0.1) is 24.1 Å². The Morgan fingerprint density at radius 2 is 1.73 bits per heavy atom. The normalized spacial score (nSPS) is 10.3. The number of hydrogen-bond acceptors (Lipinski definition) is 6. The van der Waals surface area contributed by atoms with Crippen LogP contribution in [0.1, 0.15) is 33.2 Å². The Bertz CT molecular complexity index is 1040. The van der Waals surface area contributed by atoms with Crippen LogP contribution in [0.4, 0.5) is 10.6 Å². The number of nitrogens with one attached hydrogen (secondary N) is 1. The lowest BCUT2D eigenvalue weighted by Gasteiger charge is -2.12. The monoisotopic (exact) mass is 409 g/mol. The second-order valence-electron chi connectivity index (χ2n) is 6.08. The summed E-state index contributed by atoms with van der Waals surface area (Å²) < 4.78 is 11.5. The van der Waals surface area contributed by atoms with Crippen LogP contribution in [-0.4, -0.2) is 39.5 Å². The zero-order chi connectivity index (χ0) is 21.5. The van der Waals surface area contributed by atoms with Crippen LogP contribution >= 0.6 is 0 Å². The van der Waals surface area contributed by atoms with E-state index in [9.17, 15) is 14.4 Å². The van der Waals surface area contributed by atoms with Crippen LogP contribution in [0.2, 0.25) is 0 Å². The first kappa shape index (κ1) is 20.6. The molecule has 0 spiro atoms. The highest BCUT2D eigenvalue weighted by Crippen LogP contribution is 2.22. The average Bonchev–Trinajstić information content (AvgIpc) is 3.16. The molecule has 2 aromatic carbocycles. The van der Waals surface area contributed by atoms with Crippen LogP contribution in [-0.2, 0) is 16.1 Å². The van der Waals surface area contributed by atoms with Gasteiger partial charge in [-0.05, 0) is 36.8 Å². The van der Waals surface area contributed by atoms with Crippen LogP contribution in [0, 0.1) is 0 Å². The van der Waals surface area contributed by atoms with Gasteiger partial charge in [0.15, 0.2) is 5.82 Å². The third-order valence-electron chi connectivity index (χ3n) is 4.06. The van der Waals surface area contributed by atoms with Crippen LogP contribution in [0.15, 0.2) is 60.8 Å². The molecular formula is C21H19N3O6. The molecule has 0 aliphatic heterocycles. The first-order valence-corrected chi connectivity index (χ1v) is 9.06. The quantitative estimate of drug-likeness (QED) is 0.573. The number of carboxylic acids is 1. The molecule has 9 nitrogen and oxygen atoms in total. The lowest BCUT2D eigenvalue weighted by atomic mass is 10.2. The number of aromatic nitrogens is 2. The number of benzene rings is 2. The van der Waals surface area contributed by atoms with Gasteiger partial charge in [-0.25, -0.2) is 19.1 Å². The minimum Gasteiger partial charge on any atom is -0.478 e. The summed E-state index contributed by atoms with van der Waals surface area (Å²) in [5, 5.41) is 15.7. The lowest BCUT2D eigenvalue weighted by Crippen LogP contribution is -2.19. The van der Waals surface area contributed by atoms with Crippen molar-refractivity contribution in [3.63, 3.8) is 0 Å². The summed E-state index contributed by atoms with van der Waals surface area (Å²) in [4.78, 5) is 35.7. The number of carboxylic acid groups (broad SMARTS) is 1. The van der Waals surface area contributed by atoms with E-state index in [-0.39, 0.29) is 30.2 Å². The highest BCUT2D eigenvalue weighted by molar-refractivity contribution is 5.99. The number of carbonyl (C=O) groups excluding carboxylic acids is 2. The number of anilines is 1. The van der Waals surface area contributed by atoms with Crippen molar-refractivity contribution in [1.29, 1.82) is 0 Å². The van der Waals surface area contributed by atoms with Crippen molar-refractivity contribution >= 4 is 23.8 Å². The predicted octanol–water partition coefficient (Wildman–Crippen LogP) is 3.50. The van der Waals surface area contributed by atoms with Crippen molar-refractivity contribution in [3.05, 3.63) is 77.5 Å². The van der Waals surface area contributed by atoms with Crippen LogP contribution in [0.3, 0.4) is 0 Å². The van der Waals surface area contributed by atoms with E-state index >= 15 is 0 Å². The summed E-state index contributed by atoms with van der Waals surface area (Å²) >= 11 is 0. The van der Waals surface area contributed by atoms with Gasteiger partial charge in [-0.15, -0.1) is 0 Å². The molecular weight excluding hydrogens is 390 g/mol. The smallest absolute Gasteiger partial charge is 0.413 e. The van der Waals surface area contributed by atoms with Gasteiger partial charge < -0.3 is 14.6 Å². The topological polar surface area (TPSA) is 120 Å². The van der Waals surface area contributed by atoms with E-state index in [0.29, 0.717) is 5.69 Å². The van der Waals surface area contributed by atoms with E-state index in [4.69, 9.17) is 14.6 Å². The molecule has 0 unspecified atom stereocenters. The minimum absolute atomic E-state index is 0.0378. The summed E-state index contributed by atoms with van der Waals surface area (Å²) in [5.74, 6) is -1.68. The molecule has 1 amide bonds. The van der Waals surface area contributed by atoms with E-state index in [2.05, 4.69) is 10.4 Å². The summed E-state index contributed by atoms with van der Waals surface area (Å²) in [6.45, 7) is 1.85. The Morgan fingerprint density at radius 3 is 2.37 bits per heavy atom. The third kappa shape index (κ3) is 4.82. The van der Waals surface area contributed by atoms with Gasteiger partial charge in [0.2, 0.25) is 0 Å². The summed E-state index contributed by atoms with van der Waals surface area (Å²) in [6.07, 6.45) is 0.476. The second-order valence-corrected chi connectivity index (χ2v) is 6.08. The van der Waals surface area contributed by atoms with Crippen molar-refractivity contribution in [1.82, 2.24) is 9.78 Å². The Labute approximate surface area is 171 Å². The Morgan fingerprint density at radius 1 is 1.03 bits per heavy atom. The van der Waals surface area contributed by atoms with Gasteiger partial charge in [0.25, 0.3) is 0 Å². The number of ether oxygens (including phenoxy) is 2. The minimum atomic E-state index is -1.07. The number of hydrogen-bond donors (Lipinski definition) is 2. The maximum Gasteiger partial charge on any atom is 0.413 e. The van der Waals surface area contributed by atoms with E-state index in [1.54, 1.807) is 6.92 Å². The van der Waals surface area contributed by atoms with Gasteiger partial charge >= 0.3 is 18.0 Å². The molecule has 0 saturated heterocycles. The van der Waals surface area contributed by atoms with Crippen LogP contribution in [0.5, 0.6) is 0 Å². The fourth-order valence-electron chi connectivity index (χ4n) is 2.62. The first-order valence-electron chi connectivity index (χ1n) is 9.06. The first-order chi connectivity index (χ1) is 14.5. The van der Waals surface area contributed by atoms with Crippen molar-refractivity contribution in [3.8, 4) is 5.69 Å². The van der Waals surface area contributed by atoms with Crippen LogP contribution < -0.4 is 5.32 Å². The van der Waals surface area contributed by atoms with Gasteiger partial charge in [0.1, 0.15) is 12.2 Å². The zero-order valence-corrected chi connectivity index (χ0v) is 16.1. The zero-order valence-electron chi connectivity index (χ0n) is 16.1. The Balaban J connectivity index is 1.85. The summed E-state index contributed by atoms with van der Waals surface area (Å²) in [7, 11) is 0. The van der Waals surface area contributed by atoms with Crippen molar-refractivity contribution in [2.45, 2.75) is 13.5 Å². The number of amides is 1. The number of esters is 1. The Hall–Kier alpha value is -4.14. The molecule has 1 heterocycles. The fourth-order valence-corrected chi connectivity index (χ4v) is 2.62. The average molecular weight is 409 g/mol. The molecule has 1 aromatic heterocycles. The van der Waals surface area contributed by atoms with Gasteiger partial charge in [-0.2, -0.15) is 5.10 Å². The lowest BCUT2D eigenvalue weighted by molar-refractivity contribution is 0.0527. The molecule has 3 rings (SSSR count). The molecule has 0 saturated carbocycles. The molecule has 0 aliphatic carbocycles. The predicted molar refractivity (Wildman–Crippen MR) is 107 cm³/mol. The molecule has 0 aliphatic rings. The van der Waals surface area contributed by atoms with Gasteiger partial charge in [-0.3, -0.25) is 5.32 Å². The van der Waals surface area contributed by atoms with Crippen LogP contribution in [0.25, 0.3) is 5.69 Å². The van der Waals surface area contributed by atoms with E-state index in [1.807, 2.05) is 30.3 Å². The Kier molecular flexibility index (Phi) is 6.43. The number of carbonyl (C=O) groups is 3. The molecule has 0 fully saturated rings. The number of aromatic carboxylic acids is 1. The molecule has 30 heavy (non-hydrogen) atoms. The molecule has 3 aromatic rings. The molecule has 2 N–H and O–H groups in total. The van der Waals surface area contributed by atoms with E-state index in [1.165, 1.54) is 35.1 Å². The molecule has 9 heteroatoms. The molecule has 0 radical (unpaired) electrons. The molecule has 0 bridgehead atoms. The van der Waals surface area contributed by atoms with E-state index in [0.717, 1.165) is 5.56 Å². The van der Waals surface area contributed by atoms with E-state index < -0.39 is 18.0 Å². The standard InChI is InChI=1S/C21H19N3O6/c1-2-29-20(27)17-12-22-24(16-10-8-15(9-11-16)19(25)26)18(17)23-21(28)30-13-14-6-4-3-5-7-14/h3-12H,2,13H2,1H3,(H,23,28)(H,25,26). The largest absolute Gasteiger partial charge is 0.478 e. The van der Waals surface area contributed by atoms with Crippen molar-refractivity contribution < 1.29 is 29.0 Å². The second kappa shape index (κ2) is 9.37. The highest BCUT2D eigenvalue weighted by atomic mass is 16.5.